The van der Waals surface area contributed by atoms with Crippen LogP contribution in [0.3, 0.4) is 0 Å². The maximum absolute atomic E-state index is 5.72. The Morgan fingerprint density at radius 2 is 1.88 bits per heavy atom. The van der Waals surface area contributed by atoms with Gasteiger partial charge in [-0.15, -0.1) is 19.0 Å². The zero-order valence-corrected chi connectivity index (χ0v) is 10.4. The van der Waals surface area contributed by atoms with Crippen LogP contribution in [0.5, 0.6) is 0 Å². The summed E-state index contributed by atoms with van der Waals surface area (Å²) >= 11 is 0. The first-order valence-electron chi connectivity index (χ1n) is 5.36. The van der Waals surface area contributed by atoms with E-state index in [1.807, 2.05) is 48.5 Å². The normalized spacial score (nSPS) is 9.65. The Morgan fingerprint density at radius 3 is 2.59 bits per heavy atom. The average molecular weight is 250 g/mol. The molecule has 1 aromatic heterocycles. The van der Waals surface area contributed by atoms with Gasteiger partial charge in [-0.05, 0) is 12.1 Å². The van der Waals surface area contributed by atoms with E-state index < -0.39 is 0 Å². The molecule has 0 bridgehead atoms. The van der Waals surface area contributed by atoms with Gasteiger partial charge >= 0.3 is 0 Å². The van der Waals surface area contributed by atoms with Crippen molar-refractivity contribution in [2.45, 2.75) is 6.54 Å². The first-order chi connectivity index (χ1) is 7.90. The molecule has 0 spiro atoms. The molecule has 3 heteroatoms. The van der Waals surface area contributed by atoms with Crippen molar-refractivity contribution in [1.82, 2.24) is 5.32 Å². The summed E-state index contributed by atoms with van der Waals surface area (Å²) in [6.45, 7) is 5.18. The first-order valence-corrected chi connectivity index (χ1v) is 5.36. The number of benzene rings is 1. The van der Waals surface area contributed by atoms with Crippen molar-refractivity contribution >= 4 is 12.4 Å². The topological polar surface area (TPSA) is 25.2 Å². The zero-order valence-electron chi connectivity index (χ0n) is 9.56. The van der Waals surface area contributed by atoms with Crippen LogP contribution >= 0.6 is 12.4 Å². The van der Waals surface area contributed by atoms with Crippen LogP contribution in [0.25, 0.3) is 11.3 Å². The fourth-order valence-corrected chi connectivity index (χ4v) is 1.53. The van der Waals surface area contributed by atoms with Gasteiger partial charge in [0.25, 0.3) is 0 Å². The van der Waals surface area contributed by atoms with Crippen LogP contribution in [-0.4, -0.2) is 6.54 Å². The molecule has 0 radical (unpaired) electrons. The lowest BCUT2D eigenvalue weighted by molar-refractivity contribution is 0.502. The number of hydrogen-bond acceptors (Lipinski definition) is 2. The molecule has 1 N–H and O–H groups in total. The van der Waals surface area contributed by atoms with Gasteiger partial charge in [0, 0.05) is 12.1 Å². The lowest BCUT2D eigenvalue weighted by atomic mass is 10.2. The van der Waals surface area contributed by atoms with E-state index in [1.165, 1.54) is 0 Å². The molecule has 1 heterocycles. The van der Waals surface area contributed by atoms with E-state index in [2.05, 4.69) is 11.9 Å². The summed E-state index contributed by atoms with van der Waals surface area (Å²) in [5.74, 6) is 1.86. The summed E-state index contributed by atoms with van der Waals surface area (Å²) in [5, 5.41) is 3.20. The minimum Gasteiger partial charge on any atom is -0.460 e. The second kappa shape index (κ2) is 6.94. The molecule has 90 valence electrons. The lowest BCUT2D eigenvalue weighted by Gasteiger charge is -1.98. The summed E-state index contributed by atoms with van der Waals surface area (Å²) in [4.78, 5) is 0. The van der Waals surface area contributed by atoms with Crippen molar-refractivity contribution in [2.75, 3.05) is 6.54 Å². The highest BCUT2D eigenvalue weighted by Gasteiger charge is 2.02. The van der Waals surface area contributed by atoms with Crippen molar-refractivity contribution < 1.29 is 4.42 Å². The minimum atomic E-state index is 0. The van der Waals surface area contributed by atoms with Crippen LogP contribution < -0.4 is 5.32 Å². The third kappa shape index (κ3) is 3.77. The Bertz CT molecular complexity index is 450. The second-order valence-electron chi connectivity index (χ2n) is 3.55. The highest BCUT2D eigenvalue weighted by atomic mass is 35.5. The Morgan fingerprint density at radius 1 is 1.12 bits per heavy atom. The third-order valence-corrected chi connectivity index (χ3v) is 2.31. The van der Waals surface area contributed by atoms with Gasteiger partial charge in [-0.2, -0.15) is 0 Å². The molecule has 0 aliphatic heterocycles. The van der Waals surface area contributed by atoms with E-state index in [-0.39, 0.29) is 12.4 Å². The number of nitrogens with one attached hydrogen (secondary N) is 1. The van der Waals surface area contributed by atoms with Crippen LogP contribution in [0, 0.1) is 0 Å². The Balaban J connectivity index is 0.00000144. The molecule has 17 heavy (non-hydrogen) atoms. The largest absolute Gasteiger partial charge is 0.460 e. The van der Waals surface area contributed by atoms with Gasteiger partial charge in [-0.1, -0.05) is 36.4 Å². The molecule has 2 aromatic rings. The molecule has 1 aromatic carbocycles. The Hall–Kier alpha value is -1.51. The van der Waals surface area contributed by atoms with Crippen LogP contribution in [0.4, 0.5) is 0 Å². The maximum atomic E-state index is 5.72. The molecule has 0 saturated heterocycles. The summed E-state index contributed by atoms with van der Waals surface area (Å²) in [5.41, 5.74) is 1.11. The standard InChI is InChI=1S/C14H15NO.ClH/c1-2-10-15-11-13-8-9-14(16-13)12-6-4-3-5-7-12;/h2-9,15H,1,10-11H2;1H. The van der Waals surface area contributed by atoms with Crippen molar-refractivity contribution in [2.24, 2.45) is 0 Å². The average Bonchev–Trinajstić information content (AvgIpc) is 2.79. The molecular formula is C14H16ClNO. The van der Waals surface area contributed by atoms with Crippen LogP contribution in [0.2, 0.25) is 0 Å². The van der Waals surface area contributed by atoms with Gasteiger partial charge in [0.05, 0.1) is 6.54 Å². The summed E-state index contributed by atoms with van der Waals surface area (Å²) in [7, 11) is 0. The van der Waals surface area contributed by atoms with E-state index in [9.17, 15) is 0 Å². The van der Waals surface area contributed by atoms with Crippen molar-refractivity contribution in [3.8, 4) is 11.3 Å². The van der Waals surface area contributed by atoms with E-state index >= 15 is 0 Å². The first kappa shape index (κ1) is 13.6. The van der Waals surface area contributed by atoms with Gasteiger partial charge in [0.15, 0.2) is 0 Å². The van der Waals surface area contributed by atoms with Gasteiger partial charge in [-0.25, -0.2) is 0 Å². The van der Waals surface area contributed by atoms with Crippen molar-refractivity contribution in [1.29, 1.82) is 0 Å². The van der Waals surface area contributed by atoms with Gasteiger partial charge < -0.3 is 9.73 Å². The molecule has 2 nitrogen and oxygen atoms in total. The molecule has 0 unspecified atom stereocenters. The smallest absolute Gasteiger partial charge is 0.134 e. The molecule has 0 aliphatic rings. The minimum absolute atomic E-state index is 0. The SMILES string of the molecule is C=CCNCc1ccc(-c2ccccc2)o1.Cl. The Kier molecular flexibility index (Phi) is 5.53. The van der Waals surface area contributed by atoms with Gasteiger partial charge in [-0.3, -0.25) is 0 Å². The predicted molar refractivity (Wildman–Crippen MR) is 73.3 cm³/mol. The maximum Gasteiger partial charge on any atom is 0.134 e. The highest BCUT2D eigenvalue weighted by Crippen LogP contribution is 2.21. The summed E-state index contributed by atoms with van der Waals surface area (Å²) < 4.78 is 5.72. The summed E-state index contributed by atoms with van der Waals surface area (Å²) in [6.07, 6.45) is 1.83. The Labute approximate surface area is 108 Å². The van der Waals surface area contributed by atoms with Crippen LogP contribution in [0.1, 0.15) is 5.76 Å². The highest BCUT2D eigenvalue weighted by molar-refractivity contribution is 5.85. The fraction of sp³-hybridized carbons (Fsp3) is 0.143. The zero-order chi connectivity index (χ0) is 11.2. The van der Waals surface area contributed by atoms with E-state index in [0.29, 0.717) is 0 Å². The van der Waals surface area contributed by atoms with E-state index in [0.717, 1.165) is 30.2 Å². The van der Waals surface area contributed by atoms with Gasteiger partial charge in [0.2, 0.25) is 0 Å². The fourth-order valence-electron chi connectivity index (χ4n) is 1.53. The number of halogens is 1. The number of rotatable bonds is 5. The third-order valence-electron chi connectivity index (χ3n) is 2.31. The monoisotopic (exact) mass is 249 g/mol. The predicted octanol–water partition coefficient (Wildman–Crippen LogP) is 3.64. The summed E-state index contributed by atoms with van der Waals surface area (Å²) in [6, 6.07) is 14.1. The molecule has 0 atom stereocenters. The van der Waals surface area contributed by atoms with Crippen molar-refractivity contribution in [3.63, 3.8) is 0 Å². The number of hydrogen-bond donors (Lipinski definition) is 1. The molecule has 2 rings (SSSR count). The number of furan rings is 1. The van der Waals surface area contributed by atoms with E-state index in [4.69, 9.17) is 4.42 Å². The molecular weight excluding hydrogens is 234 g/mol. The lowest BCUT2D eigenvalue weighted by Crippen LogP contribution is -2.11. The van der Waals surface area contributed by atoms with Crippen molar-refractivity contribution in [3.05, 3.63) is 60.9 Å². The second-order valence-corrected chi connectivity index (χ2v) is 3.55. The molecule has 0 fully saturated rings. The van der Waals surface area contributed by atoms with E-state index in [1.54, 1.807) is 0 Å². The van der Waals surface area contributed by atoms with Gasteiger partial charge in [0.1, 0.15) is 11.5 Å². The molecule has 0 amide bonds. The van der Waals surface area contributed by atoms with Crippen LogP contribution in [-0.2, 0) is 6.54 Å². The quantitative estimate of drug-likeness (QED) is 0.647. The molecule has 0 saturated carbocycles. The molecule has 0 aliphatic carbocycles. The van der Waals surface area contributed by atoms with Crippen LogP contribution in [0.15, 0.2) is 59.5 Å².